The number of nitrogens with one attached hydrogen (secondary N) is 1. The molecular weight excluding hydrogens is 392 g/mol. The molecular formula is C21H26N10. The Labute approximate surface area is 180 Å². The molecule has 3 aromatic rings. The molecule has 2 aliphatic rings. The van der Waals surface area contributed by atoms with Gasteiger partial charge in [-0.25, -0.2) is 9.97 Å². The van der Waals surface area contributed by atoms with Gasteiger partial charge in [0.05, 0.1) is 6.20 Å². The maximum absolute atomic E-state index is 7.25. The van der Waals surface area contributed by atoms with Gasteiger partial charge in [-0.3, -0.25) is 5.10 Å². The van der Waals surface area contributed by atoms with Crippen LogP contribution in [0.4, 0.5) is 29.0 Å². The number of rotatable bonds is 3. The molecule has 0 spiro atoms. The Morgan fingerprint density at radius 1 is 1.16 bits per heavy atom. The molecule has 3 N–H and O–H groups in total. The van der Waals surface area contributed by atoms with E-state index in [0.29, 0.717) is 18.0 Å². The minimum atomic E-state index is 0.213. The Morgan fingerprint density at radius 2 is 1.97 bits per heavy atom. The van der Waals surface area contributed by atoms with Gasteiger partial charge in [0.25, 0.3) is 5.82 Å². The van der Waals surface area contributed by atoms with Gasteiger partial charge < -0.3 is 25.3 Å². The van der Waals surface area contributed by atoms with Gasteiger partial charge >= 0.3 is 0 Å². The number of pyridine rings is 1. The van der Waals surface area contributed by atoms with E-state index in [2.05, 4.69) is 41.6 Å². The summed E-state index contributed by atoms with van der Waals surface area (Å²) in [6, 6.07) is 3.66. The first-order valence-corrected chi connectivity index (χ1v) is 10.5. The van der Waals surface area contributed by atoms with Crippen molar-refractivity contribution in [2.24, 2.45) is 11.1 Å². The van der Waals surface area contributed by atoms with Gasteiger partial charge in [0, 0.05) is 33.2 Å². The molecule has 0 saturated carbocycles. The van der Waals surface area contributed by atoms with E-state index in [0.717, 1.165) is 67.7 Å². The van der Waals surface area contributed by atoms with Crippen molar-refractivity contribution < 1.29 is 0 Å². The van der Waals surface area contributed by atoms with E-state index in [1.54, 1.807) is 6.07 Å². The van der Waals surface area contributed by atoms with E-state index in [-0.39, 0.29) is 5.41 Å². The van der Waals surface area contributed by atoms with Crippen LogP contribution in [-0.4, -0.2) is 64.9 Å². The van der Waals surface area contributed by atoms with Gasteiger partial charge in [-0.15, -0.1) is 4.98 Å². The zero-order valence-electron chi connectivity index (χ0n) is 17.8. The van der Waals surface area contributed by atoms with E-state index in [1.165, 1.54) is 0 Å². The number of aromatic amines is 1. The van der Waals surface area contributed by atoms with Crippen molar-refractivity contribution >= 4 is 40.1 Å². The monoisotopic (exact) mass is 418 g/mol. The Balaban J connectivity index is 1.45. The van der Waals surface area contributed by atoms with E-state index in [1.807, 2.05) is 19.3 Å². The fourth-order valence-corrected chi connectivity index (χ4v) is 4.28. The van der Waals surface area contributed by atoms with Crippen LogP contribution in [0, 0.1) is 12.0 Å². The summed E-state index contributed by atoms with van der Waals surface area (Å²) in [5.74, 6) is 2.76. The zero-order chi connectivity index (χ0) is 21.6. The second kappa shape index (κ2) is 7.35. The van der Waals surface area contributed by atoms with Crippen molar-refractivity contribution in [3.05, 3.63) is 29.7 Å². The smallest absolute Gasteiger partial charge is 0.271 e. The van der Waals surface area contributed by atoms with E-state index in [4.69, 9.17) is 22.3 Å². The van der Waals surface area contributed by atoms with Crippen molar-refractivity contribution in [1.82, 2.24) is 25.1 Å². The number of aromatic nitrogens is 5. The first kappa shape index (κ1) is 19.5. The fraction of sp³-hybridized carbons (Fsp3) is 0.476. The van der Waals surface area contributed by atoms with E-state index >= 15 is 0 Å². The quantitative estimate of drug-likeness (QED) is 0.625. The van der Waals surface area contributed by atoms with Crippen LogP contribution in [0.3, 0.4) is 0 Å². The molecule has 2 aliphatic heterocycles. The number of anilines is 4. The number of nitrogens with two attached hydrogens (primary N) is 1. The van der Waals surface area contributed by atoms with Crippen molar-refractivity contribution in [2.45, 2.75) is 19.8 Å². The van der Waals surface area contributed by atoms with Crippen LogP contribution in [0.2, 0.25) is 0 Å². The van der Waals surface area contributed by atoms with Crippen LogP contribution >= 0.6 is 0 Å². The standard InChI is InChI=1S/C21H26N10/c1-21(13-22)6-8-30(9-7-21)16-12-24-17-18(26-16)27-28-20(17)31-11-10-29(3)19-14(31)4-5-15(23-2)25-19/h4-5,12H,6-11,13,22H2,1,3H3,(H,26,27,28). The van der Waals surface area contributed by atoms with Crippen LogP contribution in [0.1, 0.15) is 19.8 Å². The SMILES string of the molecule is [C-]#[N+]c1ccc2c(n1)N(C)CCN2c1n[nH]c2nc(N3CCC(C)(CN)CC3)cnc12. The summed E-state index contributed by atoms with van der Waals surface area (Å²) in [7, 11) is 1.99. The van der Waals surface area contributed by atoms with Crippen LogP contribution in [-0.2, 0) is 0 Å². The topological polar surface area (TPSA) is 107 Å². The minimum Gasteiger partial charge on any atom is -0.361 e. The molecule has 10 nitrogen and oxygen atoms in total. The van der Waals surface area contributed by atoms with Crippen LogP contribution in [0.25, 0.3) is 16.0 Å². The molecule has 1 saturated heterocycles. The maximum Gasteiger partial charge on any atom is 0.271 e. The molecule has 0 radical (unpaired) electrons. The normalized spacial score (nSPS) is 18.2. The van der Waals surface area contributed by atoms with Gasteiger partial charge in [-0.1, -0.05) is 13.5 Å². The Hall–Kier alpha value is -3.45. The summed E-state index contributed by atoms with van der Waals surface area (Å²) in [4.78, 5) is 23.9. The highest BCUT2D eigenvalue weighted by molar-refractivity contribution is 5.90. The molecule has 0 amide bonds. The molecule has 0 atom stereocenters. The summed E-state index contributed by atoms with van der Waals surface area (Å²) >= 11 is 0. The van der Waals surface area contributed by atoms with E-state index < -0.39 is 0 Å². The summed E-state index contributed by atoms with van der Waals surface area (Å²) in [5, 5.41) is 7.60. The van der Waals surface area contributed by atoms with Crippen LogP contribution in [0.5, 0.6) is 0 Å². The molecule has 5 heterocycles. The lowest BCUT2D eigenvalue weighted by Gasteiger charge is -2.39. The summed E-state index contributed by atoms with van der Waals surface area (Å²) in [6.45, 7) is 13.6. The maximum atomic E-state index is 7.25. The number of H-pyrrole nitrogens is 1. The van der Waals surface area contributed by atoms with Gasteiger partial charge in [0.15, 0.2) is 17.0 Å². The molecule has 0 aromatic carbocycles. The van der Waals surface area contributed by atoms with Gasteiger partial charge in [-0.05, 0) is 36.9 Å². The molecule has 5 rings (SSSR count). The summed E-state index contributed by atoms with van der Waals surface area (Å²) in [5.41, 5.74) is 8.48. The summed E-state index contributed by atoms with van der Waals surface area (Å²) < 4.78 is 0. The third-order valence-electron chi connectivity index (χ3n) is 6.55. The second-order valence-electron chi connectivity index (χ2n) is 8.67. The molecule has 31 heavy (non-hydrogen) atoms. The molecule has 0 bridgehead atoms. The molecule has 0 unspecified atom stereocenters. The number of piperidine rings is 1. The molecule has 0 aliphatic carbocycles. The predicted octanol–water partition coefficient (Wildman–Crippen LogP) is 2.45. The number of likely N-dealkylation sites (N-methyl/N-ethyl adjacent to an activating group) is 1. The lowest BCUT2D eigenvalue weighted by atomic mass is 9.80. The van der Waals surface area contributed by atoms with Gasteiger partial charge in [-0.2, -0.15) is 5.10 Å². The number of hydrogen-bond acceptors (Lipinski definition) is 8. The second-order valence-corrected chi connectivity index (χ2v) is 8.67. The van der Waals surface area contributed by atoms with Crippen LogP contribution < -0.4 is 20.4 Å². The lowest BCUT2D eigenvalue weighted by molar-refractivity contribution is 0.258. The fourth-order valence-electron chi connectivity index (χ4n) is 4.28. The highest BCUT2D eigenvalue weighted by atomic mass is 15.4. The van der Waals surface area contributed by atoms with Crippen molar-refractivity contribution in [3.8, 4) is 0 Å². The summed E-state index contributed by atoms with van der Waals surface area (Å²) in [6.07, 6.45) is 3.94. The van der Waals surface area contributed by atoms with Crippen LogP contribution in [0.15, 0.2) is 18.3 Å². The number of fused-ring (bicyclic) bond motifs is 2. The first-order valence-electron chi connectivity index (χ1n) is 10.5. The van der Waals surface area contributed by atoms with Crippen molar-refractivity contribution in [3.63, 3.8) is 0 Å². The average Bonchev–Trinajstić information content (AvgIpc) is 3.23. The number of nitrogens with zero attached hydrogens (tertiary/aromatic N) is 8. The highest BCUT2D eigenvalue weighted by Crippen LogP contribution is 2.38. The number of hydrogen-bond donors (Lipinski definition) is 2. The lowest BCUT2D eigenvalue weighted by Crippen LogP contribution is -2.42. The Bertz CT molecular complexity index is 1150. The van der Waals surface area contributed by atoms with Gasteiger partial charge in [0.1, 0.15) is 11.5 Å². The van der Waals surface area contributed by atoms with E-state index in [9.17, 15) is 0 Å². The predicted molar refractivity (Wildman–Crippen MR) is 121 cm³/mol. The molecule has 1 fully saturated rings. The molecule has 3 aromatic heterocycles. The minimum absolute atomic E-state index is 0.213. The average molecular weight is 419 g/mol. The largest absolute Gasteiger partial charge is 0.361 e. The Kier molecular flexibility index (Phi) is 4.63. The third-order valence-corrected chi connectivity index (χ3v) is 6.55. The van der Waals surface area contributed by atoms with Gasteiger partial charge in [0.2, 0.25) is 5.82 Å². The molecule has 160 valence electrons. The Morgan fingerprint density at radius 3 is 2.71 bits per heavy atom. The first-order chi connectivity index (χ1) is 15.0. The third kappa shape index (κ3) is 3.31. The highest BCUT2D eigenvalue weighted by Gasteiger charge is 2.31. The van der Waals surface area contributed by atoms with Crippen molar-refractivity contribution in [1.29, 1.82) is 0 Å². The zero-order valence-corrected chi connectivity index (χ0v) is 17.8. The van der Waals surface area contributed by atoms with Crippen molar-refractivity contribution in [2.75, 3.05) is 54.5 Å². The molecule has 10 heteroatoms.